The van der Waals surface area contributed by atoms with Gasteiger partial charge >= 0.3 is 6.09 Å². The van der Waals surface area contributed by atoms with Gasteiger partial charge in [-0.1, -0.05) is 0 Å². The van der Waals surface area contributed by atoms with E-state index in [4.69, 9.17) is 9.84 Å². The number of amides is 1. The number of aliphatic hydroxyl groups excluding tert-OH is 2. The number of nitrogens with zero attached hydrogens (tertiary/aromatic N) is 1. The van der Waals surface area contributed by atoms with Crippen LogP contribution in [0.2, 0.25) is 0 Å². The van der Waals surface area contributed by atoms with E-state index in [1.165, 1.54) is 0 Å². The number of carbonyl (C=O) groups is 1. The number of hydrogen-bond donors (Lipinski definition) is 5. The van der Waals surface area contributed by atoms with E-state index in [9.17, 15) is 9.90 Å². The Labute approximate surface area is 148 Å². The highest BCUT2D eigenvalue weighted by Crippen LogP contribution is 2.18. The lowest BCUT2D eigenvalue weighted by atomic mass is 10.1. The number of allylic oxidation sites excluding steroid dienone is 2. The molecule has 0 spiro atoms. The van der Waals surface area contributed by atoms with Crippen LogP contribution in [0, 0.1) is 0 Å². The van der Waals surface area contributed by atoms with Crippen LogP contribution in [0.3, 0.4) is 0 Å². The van der Waals surface area contributed by atoms with Crippen molar-refractivity contribution in [2.24, 2.45) is 0 Å². The van der Waals surface area contributed by atoms with Gasteiger partial charge in [-0.15, -0.1) is 0 Å². The van der Waals surface area contributed by atoms with Gasteiger partial charge in [-0.2, -0.15) is 0 Å². The van der Waals surface area contributed by atoms with Crippen LogP contribution in [0.5, 0.6) is 0 Å². The molecule has 2 rings (SSSR count). The van der Waals surface area contributed by atoms with Crippen molar-refractivity contribution in [2.75, 3.05) is 19.7 Å². The van der Waals surface area contributed by atoms with Crippen LogP contribution in [-0.2, 0) is 4.74 Å². The molecule has 25 heavy (non-hydrogen) atoms. The first kappa shape index (κ1) is 19.2. The molecule has 0 saturated carbocycles. The average Bonchev–Trinajstić information content (AvgIpc) is 2.54. The summed E-state index contributed by atoms with van der Waals surface area (Å²) in [6.07, 6.45) is 4.55. The minimum Gasteiger partial charge on any atom is -0.493 e. The van der Waals surface area contributed by atoms with E-state index in [-0.39, 0.29) is 24.6 Å². The number of ether oxygens (including phenoxy) is 1. The van der Waals surface area contributed by atoms with Crippen molar-refractivity contribution >= 4 is 6.09 Å². The summed E-state index contributed by atoms with van der Waals surface area (Å²) in [6.45, 7) is 6.92. The largest absolute Gasteiger partial charge is 0.493 e. The zero-order chi connectivity index (χ0) is 18.4. The zero-order valence-corrected chi connectivity index (χ0v) is 15.3. The molecular weight excluding hydrogens is 324 g/mol. The van der Waals surface area contributed by atoms with Gasteiger partial charge < -0.3 is 25.2 Å². The monoisotopic (exact) mass is 354 g/mol. The van der Waals surface area contributed by atoms with E-state index in [1.807, 2.05) is 26.8 Å². The van der Waals surface area contributed by atoms with Crippen molar-refractivity contribution in [2.45, 2.75) is 58.1 Å². The molecule has 0 aliphatic carbocycles. The standard InChI is InChI=1S/C17H30N4O4/c1-17(2,3)25-16(24)21-8-4-7-13(11-21)18-14-10-12(6-5-9-22)15(23)20-19-14/h10,13,18-20,22-23H,4-9,11H2,1-3H3. The molecule has 2 aliphatic rings. The van der Waals surface area contributed by atoms with Crippen LogP contribution in [0.15, 0.2) is 23.4 Å². The number of nitrogens with one attached hydrogen (secondary N) is 3. The fraction of sp³-hybridized carbons (Fsp3) is 0.706. The first-order chi connectivity index (χ1) is 11.8. The van der Waals surface area contributed by atoms with Crippen LogP contribution < -0.4 is 16.2 Å². The summed E-state index contributed by atoms with van der Waals surface area (Å²) in [6, 6.07) is 0.0983. The molecule has 2 aliphatic heterocycles. The normalized spacial score (nSPS) is 21.2. The van der Waals surface area contributed by atoms with Crippen molar-refractivity contribution in [3.8, 4) is 0 Å². The summed E-state index contributed by atoms with van der Waals surface area (Å²) in [5.41, 5.74) is 5.84. The molecule has 0 bridgehead atoms. The second-order valence-electron chi connectivity index (χ2n) is 7.42. The van der Waals surface area contributed by atoms with E-state index >= 15 is 0 Å². The Morgan fingerprint density at radius 2 is 2.20 bits per heavy atom. The average molecular weight is 354 g/mol. The molecule has 142 valence electrons. The van der Waals surface area contributed by atoms with Gasteiger partial charge in [0, 0.05) is 31.3 Å². The summed E-state index contributed by atoms with van der Waals surface area (Å²) in [4.78, 5) is 14.0. The van der Waals surface area contributed by atoms with E-state index < -0.39 is 5.60 Å². The van der Waals surface area contributed by atoms with Crippen LogP contribution in [0.1, 0.15) is 46.5 Å². The van der Waals surface area contributed by atoms with Crippen LogP contribution in [0.25, 0.3) is 0 Å². The summed E-state index contributed by atoms with van der Waals surface area (Å²) in [7, 11) is 0. The lowest BCUT2D eigenvalue weighted by Gasteiger charge is -2.35. The first-order valence-electron chi connectivity index (χ1n) is 8.79. The van der Waals surface area contributed by atoms with E-state index in [0.29, 0.717) is 25.9 Å². The van der Waals surface area contributed by atoms with Gasteiger partial charge in [-0.05, 0) is 52.5 Å². The summed E-state index contributed by atoms with van der Waals surface area (Å²) in [5.74, 6) is 0.805. The highest BCUT2D eigenvalue weighted by molar-refractivity contribution is 5.68. The quantitative estimate of drug-likeness (QED) is 0.509. The van der Waals surface area contributed by atoms with E-state index in [2.05, 4.69) is 16.2 Å². The molecule has 2 heterocycles. The zero-order valence-electron chi connectivity index (χ0n) is 15.3. The first-order valence-corrected chi connectivity index (χ1v) is 8.79. The number of rotatable bonds is 5. The second-order valence-corrected chi connectivity index (χ2v) is 7.42. The van der Waals surface area contributed by atoms with Crippen molar-refractivity contribution in [1.82, 2.24) is 21.1 Å². The van der Waals surface area contributed by atoms with Crippen molar-refractivity contribution in [3.63, 3.8) is 0 Å². The molecule has 0 aromatic rings. The van der Waals surface area contributed by atoms with Gasteiger partial charge in [0.05, 0.1) is 0 Å². The molecule has 1 atom stereocenters. The molecular formula is C17H30N4O4. The molecule has 1 amide bonds. The highest BCUT2D eigenvalue weighted by atomic mass is 16.6. The Morgan fingerprint density at radius 3 is 2.88 bits per heavy atom. The van der Waals surface area contributed by atoms with Crippen molar-refractivity contribution in [3.05, 3.63) is 23.4 Å². The molecule has 5 N–H and O–H groups in total. The molecule has 1 fully saturated rings. The van der Waals surface area contributed by atoms with E-state index in [0.717, 1.165) is 24.2 Å². The summed E-state index contributed by atoms with van der Waals surface area (Å²) >= 11 is 0. The molecule has 1 saturated heterocycles. The maximum atomic E-state index is 12.2. The Morgan fingerprint density at radius 1 is 1.44 bits per heavy atom. The third kappa shape index (κ3) is 6.04. The number of hydrogen-bond acceptors (Lipinski definition) is 7. The van der Waals surface area contributed by atoms with Gasteiger partial charge in [0.1, 0.15) is 11.4 Å². The fourth-order valence-corrected chi connectivity index (χ4v) is 2.83. The van der Waals surface area contributed by atoms with Crippen LogP contribution >= 0.6 is 0 Å². The number of carbonyl (C=O) groups excluding carboxylic acids is 1. The Kier molecular flexibility index (Phi) is 6.41. The summed E-state index contributed by atoms with van der Waals surface area (Å²) in [5, 5.41) is 22.1. The lowest BCUT2D eigenvalue weighted by Crippen LogP contribution is -2.51. The highest BCUT2D eigenvalue weighted by Gasteiger charge is 2.28. The Balaban J connectivity index is 1.93. The van der Waals surface area contributed by atoms with E-state index in [1.54, 1.807) is 4.90 Å². The lowest BCUT2D eigenvalue weighted by molar-refractivity contribution is 0.0190. The predicted octanol–water partition coefficient (Wildman–Crippen LogP) is 1.47. The minimum absolute atomic E-state index is 0.0676. The van der Waals surface area contributed by atoms with Gasteiger partial charge in [0.15, 0.2) is 0 Å². The maximum absolute atomic E-state index is 12.2. The van der Waals surface area contributed by atoms with Gasteiger partial charge in [-0.25, -0.2) is 4.79 Å². The SMILES string of the molecule is CC(C)(C)OC(=O)N1CCCC(NC2=CC(CCCO)=C(O)NN2)C1. The maximum Gasteiger partial charge on any atom is 0.410 e. The third-order valence-electron chi connectivity index (χ3n) is 3.98. The number of piperidine rings is 1. The molecule has 0 aromatic carbocycles. The fourth-order valence-electron chi connectivity index (χ4n) is 2.83. The van der Waals surface area contributed by atoms with Crippen LogP contribution in [-0.4, -0.2) is 52.5 Å². The number of hydrazine groups is 1. The Bertz CT molecular complexity index is 539. The van der Waals surface area contributed by atoms with Crippen LogP contribution in [0.4, 0.5) is 4.79 Å². The molecule has 0 radical (unpaired) electrons. The number of aliphatic hydroxyl groups is 2. The summed E-state index contributed by atoms with van der Waals surface area (Å²) < 4.78 is 5.44. The molecule has 1 unspecified atom stereocenters. The van der Waals surface area contributed by atoms with Gasteiger partial charge in [0.25, 0.3) is 0 Å². The smallest absolute Gasteiger partial charge is 0.410 e. The predicted molar refractivity (Wildman–Crippen MR) is 94.3 cm³/mol. The Hall–Kier alpha value is -2.09. The van der Waals surface area contributed by atoms with Gasteiger partial charge in [0.2, 0.25) is 5.88 Å². The topological polar surface area (TPSA) is 106 Å². The second kappa shape index (κ2) is 8.33. The third-order valence-corrected chi connectivity index (χ3v) is 3.98. The molecule has 8 nitrogen and oxygen atoms in total. The van der Waals surface area contributed by atoms with Crippen molar-refractivity contribution < 1.29 is 19.7 Å². The molecule has 0 aromatic heterocycles. The molecule has 8 heteroatoms. The number of likely N-dealkylation sites (tertiary alicyclic amines) is 1. The minimum atomic E-state index is -0.501. The van der Waals surface area contributed by atoms with Crippen molar-refractivity contribution in [1.29, 1.82) is 0 Å². The van der Waals surface area contributed by atoms with Gasteiger partial charge in [-0.3, -0.25) is 10.9 Å².